The molecule has 0 saturated heterocycles. The average molecular weight is 399 g/mol. The van der Waals surface area contributed by atoms with Crippen LogP contribution in [0.4, 0.5) is 70.7 Å². The molecular formula is C7F15NO. The molecule has 0 radical (unpaired) electrons. The van der Waals surface area contributed by atoms with E-state index in [0.29, 0.717) is 0 Å². The summed E-state index contributed by atoms with van der Waals surface area (Å²) >= 11 is 0. The van der Waals surface area contributed by atoms with Gasteiger partial charge in [-0.05, 0) is 0 Å². The molecule has 0 rings (SSSR count). The molecule has 0 atom stereocenters. The Kier molecular flexibility index (Phi) is 5.11. The summed E-state index contributed by atoms with van der Waals surface area (Å²) in [5.74, 6) is -15.6. The Labute approximate surface area is 119 Å². The number of halogens is 15. The van der Waals surface area contributed by atoms with Crippen LogP contribution >= 0.6 is 0 Å². The summed E-state index contributed by atoms with van der Waals surface area (Å²) in [6.07, 6.45) is -19.9. The average Bonchev–Trinajstić information content (AvgIpc) is 2.23. The fourth-order valence-corrected chi connectivity index (χ4v) is 1.02. The SMILES string of the molecule is O=C(F)N(C(F)(F)C(F)(F)C(F)(F)F)C(F)(F)C(F)(F)C(F)(F)F. The summed E-state index contributed by atoms with van der Waals surface area (Å²) in [6.45, 7) is 0. The van der Waals surface area contributed by atoms with Crippen LogP contribution in [0.5, 0.6) is 0 Å². The van der Waals surface area contributed by atoms with Crippen LogP contribution in [0, 0.1) is 0 Å². The molecule has 24 heavy (non-hydrogen) atoms. The zero-order chi connectivity index (χ0) is 20.2. The van der Waals surface area contributed by atoms with Crippen LogP contribution in [0.2, 0.25) is 0 Å². The number of carbonyl (C=O) groups is 1. The first-order valence-corrected chi connectivity index (χ1v) is 4.71. The number of hydrogen-bond acceptors (Lipinski definition) is 1. The molecule has 0 aliphatic carbocycles. The molecule has 0 aromatic carbocycles. The van der Waals surface area contributed by atoms with Crippen molar-refractivity contribution in [2.75, 3.05) is 0 Å². The molecule has 0 aromatic rings. The van der Waals surface area contributed by atoms with Crippen LogP contribution < -0.4 is 0 Å². The van der Waals surface area contributed by atoms with E-state index in [1.807, 2.05) is 0 Å². The van der Waals surface area contributed by atoms with E-state index in [9.17, 15) is 70.7 Å². The van der Waals surface area contributed by atoms with Gasteiger partial charge in [-0.15, -0.1) is 4.39 Å². The highest BCUT2D eigenvalue weighted by Crippen LogP contribution is 2.55. The monoisotopic (exact) mass is 399 g/mol. The summed E-state index contributed by atoms with van der Waals surface area (Å²) in [5.41, 5.74) is 0. The number of nitrogens with zero attached hydrogens (tertiary/aromatic N) is 1. The Bertz CT molecular complexity index is 449. The lowest BCUT2D eigenvalue weighted by Crippen LogP contribution is -2.71. The third-order valence-electron chi connectivity index (χ3n) is 2.21. The van der Waals surface area contributed by atoms with Crippen LogP contribution in [0.1, 0.15) is 0 Å². The lowest BCUT2D eigenvalue weighted by Gasteiger charge is -2.41. The predicted octanol–water partition coefficient (Wildman–Crippen LogP) is 4.96. The van der Waals surface area contributed by atoms with Gasteiger partial charge in [0.05, 0.1) is 0 Å². The maximum atomic E-state index is 12.8. The molecule has 0 aliphatic heterocycles. The summed E-state index contributed by atoms with van der Waals surface area (Å²) in [4.78, 5) is 5.77. The largest absolute Gasteiger partial charge is 0.462 e. The van der Waals surface area contributed by atoms with Crippen molar-refractivity contribution in [1.29, 1.82) is 0 Å². The van der Waals surface area contributed by atoms with Gasteiger partial charge in [-0.2, -0.15) is 66.4 Å². The molecule has 0 aliphatic rings. The van der Waals surface area contributed by atoms with Gasteiger partial charge in [0, 0.05) is 0 Å². The normalized spacial score (nSPS) is 15.5. The van der Waals surface area contributed by atoms with Crippen molar-refractivity contribution in [2.24, 2.45) is 0 Å². The first kappa shape index (κ1) is 22.4. The topological polar surface area (TPSA) is 20.3 Å². The Hall–Kier alpha value is -1.58. The second-order valence-corrected chi connectivity index (χ2v) is 3.82. The highest BCUT2D eigenvalue weighted by Gasteiger charge is 2.85. The highest BCUT2D eigenvalue weighted by molar-refractivity contribution is 5.68. The van der Waals surface area contributed by atoms with Gasteiger partial charge >= 0.3 is 42.5 Å². The van der Waals surface area contributed by atoms with Gasteiger partial charge in [-0.3, -0.25) is 0 Å². The quantitative estimate of drug-likeness (QED) is 0.372. The minimum absolute atomic E-state index is 4.11. The van der Waals surface area contributed by atoms with Crippen LogP contribution in [0.15, 0.2) is 0 Å². The summed E-state index contributed by atoms with van der Waals surface area (Å²) in [5, 5.41) is 0. The number of rotatable bonds is 4. The molecule has 0 saturated carbocycles. The minimum atomic E-state index is -7.85. The van der Waals surface area contributed by atoms with Crippen LogP contribution in [-0.2, 0) is 0 Å². The first-order chi connectivity index (χ1) is 10.1. The van der Waals surface area contributed by atoms with Crippen molar-refractivity contribution >= 4 is 6.16 Å². The van der Waals surface area contributed by atoms with Crippen LogP contribution in [-0.4, -0.2) is 47.4 Å². The van der Waals surface area contributed by atoms with Gasteiger partial charge in [-0.1, -0.05) is 0 Å². The van der Waals surface area contributed by atoms with Gasteiger partial charge in [0.1, 0.15) is 0 Å². The molecule has 0 bridgehead atoms. The Morgan fingerprint density at radius 1 is 0.542 bits per heavy atom. The zero-order valence-corrected chi connectivity index (χ0v) is 10.0. The number of amides is 1. The fourth-order valence-electron chi connectivity index (χ4n) is 1.02. The van der Waals surface area contributed by atoms with Crippen LogP contribution in [0.25, 0.3) is 0 Å². The van der Waals surface area contributed by atoms with Gasteiger partial charge < -0.3 is 0 Å². The van der Waals surface area contributed by atoms with Crippen LogP contribution in [0.3, 0.4) is 0 Å². The first-order valence-electron chi connectivity index (χ1n) is 4.71. The molecule has 0 N–H and O–H groups in total. The van der Waals surface area contributed by atoms with Crippen molar-refractivity contribution < 1.29 is 70.7 Å². The number of carbonyl (C=O) groups excluding carboxylic acids is 1. The third kappa shape index (κ3) is 3.03. The molecular weight excluding hydrogens is 399 g/mol. The third-order valence-corrected chi connectivity index (χ3v) is 2.21. The Balaban J connectivity index is 6.51. The predicted molar refractivity (Wildman–Crippen MR) is 40.2 cm³/mol. The summed E-state index contributed by atoms with van der Waals surface area (Å²) in [6, 6.07) is -15.7. The van der Waals surface area contributed by atoms with Gasteiger partial charge in [0.25, 0.3) is 0 Å². The Morgan fingerprint density at radius 3 is 0.875 bits per heavy atom. The van der Waals surface area contributed by atoms with E-state index in [-0.39, 0.29) is 0 Å². The molecule has 0 heterocycles. The molecule has 17 heteroatoms. The number of hydrogen-bond donors (Lipinski definition) is 0. The van der Waals surface area contributed by atoms with E-state index in [2.05, 4.69) is 0 Å². The molecule has 0 unspecified atom stereocenters. The van der Waals surface area contributed by atoms with E-state index in [1.165, 1.54) is 0 Å². The number of alkyl halides is 14. The summed E-state index contributed by atoms with van der Waals surface area (Å²) in [7, 11) is 0. The summed E-state index contributed by atoms with van der Waals surface area (Å²) < 4.78 is 184. The molecule has 144 valence electrons. The molecule has 1 amide bonds. The van der Waals surface area contributed by atoms with Gasteiger partial charge in [0.15, 0.2) is 0 Å². The minimum Gasteiger partial charge on any atom is -0.234 e. The van der Waals surface area contributed by atoms with E-state index in [0.717, 1.165) is 0 Å². The second-order valence-electron chi connectivity index (χ2n) is 3.82. The van der Waals surface area contributed by atoms with Crippen molar-refractivity contribution in [3.8, 4) is 0 Å². The van der Waals surface area contributed by atoms with E-state index in [4.69, 9.17) is 0 Å². The van der Waals surface area contributed by atoms with E-state index in [1.54, 1.807) is 0 Å². The van der Waals surface area contributed by atoms with Crippen molar-refractivity contribution in [3.63, 3.8) is 0 Å². The smallest absolute Gasteiger partial charge is 0.234 e. The molecule has 2 nitrogen and oxygen atoms in total. The fraction of sp³-hybridized carbons (Fsp3) is 0.857. The lowest BCUT2D eigenvalue weighted by atomic mass is 10.2. The van der Waals surface area contributed by atoms with E-state index >= 15 is 0 Å². The van der Waals surface area contributed by atoms with Crippen molar-refractivity contribution in [2.45, 2.75) is 36.3 Å². The molecule has 0 aromatic heterocycles. The maximum absolute atomic E-state index is 12.8. The maximum Gasteiger partial charge on any atom is 0.462 e. The van der Waals surface area contributed by atoms with Crippen molar-refractivity contribution in [1.82, 2.24) is 4.90 Å². The molecule has 0 spiro atoms. The molecule has 0 fully saturated rings. The Morgan fingerprint density at radius 2 is 0.750 bits per heavy atom. The van der Waals surface area contributed by atoms with Crippen molar-refractivity contribution in [3.05, 3.63) is 0 Å². The lowest BCUT2D eigenvalue weighted by molar-refractivity contribution is -0.445. The van der Waals surface area contributed by atoms with Gasteiger partial charge in [0.2, 0.25) is 0 Å². The van der Waals surface area contributed by atoms with E-state index < -0.39 is 47.4 Å². The standard InChI is InChI=1S/C7F15NO/c8-1(24)23(6(19,20)2(9,10)4(13,14)15)7(21,22)3(11,12)5(16,17)18. The zero-order valence-electron chi connectivity index (χ0n) is 10.0. The highest BCUT2D eigenvalue weighted by atomic mass is 19.4. The second kappa shape index (κ2) is 5.47. The van der Waals surface area contributed by atoms with Gasteiger partial charge in [-0.25, -0.2) is 4.79 Å².